The number of halogens is 1. The Morgan fingerprint density at radius 3 is 2.75 bits per heavy atom. The number of likely N-dealkylation sites (N-methyl/N-ethyl adjacent to an activating group) is 1. The van der Waals surface area contributed by atoms with Crippen LogP contribution in [0.25, 0.3) is 10.9 Å². The molecule has 0 saturated heterocycles. The van der Waals surface area contributed by atoms with Gasteiger partial charge in [-0.15, -0.1) is 11.3 Å². The molecule has 0 aliphatic rings. The van der Waals surface area contributed by atoms with Gasteiger partial charge in [0, 0.05) is 17.6 Å². The fourth-order valence-electron chi connectivity index (χ4n) is 3.33. The highest BCUT2D eigenvalue weighted by Crippen LogP contribution is 2.34. The maximum Gasteiger partial charge on any atom is 0.145 e. The predicted octanol–water partition coefficient (Wildman–Crippen LogP) is 5.39. The Morgan fingerprint density at radius 1 is 1.12 bits per heavy atom. The van der Waals surface area contributed by atoms with Gasteiger partial charge in [-0.1, -0.05) is 17.7 Å². The van der Waals surface area contributed by atoms with Gasteiger partial charge in [0.05, 0.1) is 27.1 Å². The molecule has 2 aromatic heterocycles. The van der Waals surface area contributed by atoms with Crippen LogP contribution in [0.3, 0.4) is 0 Å². The van der Waals surface area contributed by atoms with Gasteiger partial charge in [-0.3, -0.25) is 0 Å². The van der Waals surface area contributed by atoms with E-state index in [0.29, 0.717) is 23.2 Å². The van der Waals surface area contributed by atoms with E-state index in [-0.39, 0.29) is 6.10 Å². The van der Waals surface area contributed by atoms with Crippen LogP contribution >= 0.6 is 22.9 Å². The number of nitrogens with one attached hydrogen (secondary N) is 1. The first-order chi connectivity index (χ1) is 15.5. The molecule has 0 radical (unpaired) electrons. The quantitative estimate of drug-likeness (QED) is 0.352. The van der Waals surface area contributed by atoms with Crippen molar-refractivity contribution in [3.8, 4) is 11.5 Å². The fraction of sp³-hybridized carbons (Fsp3) is 0.261. The molecule has 0 unspecified atom stereocenters. The number of hydrogen-bond acceptors (Lipinski definition) is 8. The zero-order chi connectivity index (χ0) is 22.5. The highest BCUT2D eigenvalue weighted by molar-refractivity contribution is 7.07. The molecule has 4 rings (SSSR count). The third-order valence-electron chi connectivity index (χ3n) is 4.63. The summed E-state index contributed by atoms with van der Waals surface area (Å²) in [7, 11) is 4.04. The summed E-state index contributed by atoms with van der Waals surface area (Å²) in [5.41, 5.74) is 4.23. The average molecular weight is 470 g/mol. The maximum atomic E-state index is 6.46. The first kappa shape index (κ1) is 22.3. The summed E-state index contributed by atoms with van der Waals surface area (Å²) in [4.78, 5) is 15.2. The van der Waals surface area contributed by atoms with Crippen LogP contribution in [0.4, 0.5) is 11.5 Å². The highest BCUT2D eigenvalue weighted by atomic mass is 35.5. The van der Waals surface area contributed by atoms with E-state index in [9.17, 15) is 0 Å². The summed E-state index contributed by atoms with van der Waals surface area (Å²) in [6, 6.07) is 11.3. The molecule has 0 bridgehead atoms. The summed E-state index contributed by atoms with van der Waals surface area (Å²) in [6.07, 6.45) is 1.54. The van der Waals surface area contributed by atoms with Crippen LogP contribution in [0.15, 0.2) is 53.6 Å². The molecule has 0 aliphatic heterocycles. The summed E-state index contributed by atoms with van der Waals surface area (Å²) in [5.74, 6) is 1.98. The van der Waals surface area contributed by atoms with E-state index in [1.54, 1.807) is 5.51 Å². The second-order valence-electron chi connectivity index (χ2n) is 7.60. The molecule has 1 atom stereocenters. The minimum atomic E-state index is 0.00671. The van der Waals surface area contributed by atoms with E-state index < -0.39 is 0 Å². The number of nitrogens with zero attached hydrogens (tertiary/aromatic N) is 4. The van der Waals surface area contributed by atoms with Gasteiger partial charge in [-0.2, -0.15) is 0 Å². The maximum absolute atomic E-state index is 6.46. The molecule has 0 aliphatic carbocycles. The SMILES string of the molecule is C[C@@H](CN(C)C)Oc1cccc2ncnc(Nc3ccc(OCc4cscn4)c(Cl)c3)c12. The van der Waals surface area contributed by atoms with Gasteiger partial charge in [0.1, 0.15) is 36.4 Å². The smallest absolute Gasteiger partial charge is 0.145 e. The minimum Gasteiger partial charge on any atom is -0.489 e. The van der Waals surface area contributed by atoms with E-state index in [2.05, 4.69) is 25.2 Å². The summed E-state index contributed by atoms with van der Waals surface area (Å²) >= 11 is 7.99. The highest BCUT2D eigenvalue weighted by Gasteiger charge is 2.14. The fourth-order valence-corrected chi connectivity index (χ4v) is 4.11. The number of hydrogen-bond donors (Lipinski definition) is 1. The van der Waals surface area contributed by atoms with Crippen molar-refractivity contribution in [2.24, 2.45) is 0 Å². The van der Waals surface area contributed by atoms with Crippen LogP contribution in [0.5, 0.6) is 11.5 Å². The number of thiazole rings is 1. The van der Waals surface area contributed by atoms with Crippen molar-refractivity contribution in [3.05, 3.63) is 64.3 Å². The summed E-state index contributed by atoms with van der Waals surface area (Å²) in [6.45, 7) is 3.21. The monoisotopic (exact) mass is 469 g/mol. The van der Waals surface area contributed by atoms with Crippen LogP contribution in [0.1, 0.15) is 12.6 Å². The molecule has 1 N–H and O–H groups in total. The molecular weight excluding hydrogens is 446 g/mol. The third-order valence-corrected chi connectivity index (χ3v) is 5.56. The first-order valence-electron chi connectivity index (χ1n) is 10.1. The number of rotatable bonds is 9. The Balaban J connectivity index is 1.56. The molecule has 9 heteroatoms. The molecule has 2 heterocycles. The van der Waals surface area contributed by atoms with Crippen molar-refractivity contribution in [3.63, 3.8) is 0 Å². The van der Waals surface area contributed by atoms with Crippen molar-refractivity contribution in [2.75, 3.05) is 26.0 Å². The lowest BCUT2D eigenvalue weighted by Crippen LogP contribution is -2.28. The van der Waals surface area contributed by atoms with Gasteiger partial charge in [0.25, 0.3) is 0 Å². The number of fused-ring (bicyclic) bond motifs is 1. The van der Waals surface area contributed by atoms with Gasteiger partial charge in [-0.25, -0.2) is 15.0 Å². The van der Waals surface area contributed by atoms with E-state index in [4.69, 9.17) is 21.1 Å². The number of ether oxygens (including phenoxy) is 2. The number of anilines is 2. The van der Waals surface area contributed by atoms with Crippen LogP contribution in [-0.2, 0) is 6.61 Å². The lowest BCUT2D eigenvalue weighted by molar-refractivity contribution is 0.179. The Bertz CT molecular complexity index is 1180. The first-order valence-corrected chi connectivity index (χ1v) is 11.4. The largest absolute Gasteiger partial charge is 0.489 e. The molecule has 166 valence electrons. The molecule has 7 nitrogen and oxygen atoms in total. The van der Waals surface area contributed by atoms with Gasteiger partial charge < -0.3 is 19.7 Å². The zero-order valence-corrected chi connectivity index (χ0v) is 19.7. The lowest BCUT2D eigenvalue weighted by Gasteiger charge is -2.20. The zero-order valence-electron chi connectivity index (χ0n) is 18.1. The van der Waals surface area contributed by atoms with Gasteiger partial charge in [0.15, 0.2) is 0 Å². The third kappa shape index (κ3) is 5.45. The Labute approximate surface area is 196 Å². The normalized spacial score (nSPS) is 12.2. The summed E-state index contributed by atoms with van der Waals surface area (Å²) in [5, 5.41) is 6.61. The van der Waals surface area contributed by atoms with Gasteiger partial charge >= 0.3 is 0 Å². The predicted molar refractivity (Wildman–Crippen MR) is 129 cm³/mol. The molecule has 4 aromatic rings. The lowest BCUT2D eigenvalue weighted by atomic mass is 10.2. The topological polar surface area (TPSA) is 72.4 Å². The number of aromatic nitrogens is 3. The Morgan fingerprint density at radius 2 is 2.00 bits per heavy atom. The Kier molecular flexibility index (Phi) is 7.04. The van der Waals surface area contributed by atoms with Crippen LogP contribution < -0.4 is 14.8 Å². The minimum absolute atomic E-state index is 0.00671. The van der Waals surface area contributed by atoms with E-state index in [1.807, 2.05) is 62.8 Å². The van der Waals surface area contributed by atoms with Crippen molar-refractivity contribution < 1.29 is 9.47 Å². The average Bonchev–Trinajstić information content (AvgIpc) is 3.26. The van der Waals surface area contributed by atoms with Gasteiger partial charge in [0.2, 0.25) is 0 Å². The van der Waals surface area contributed by atoms with Crippen LogP contribution in [-0.4, -0.2) is 46.6 Å². The van der Waals surface area contributed by atoms with Crippen molar-refractivity contribution in [1.29, 1.82) is 0 Å². The second-order valence-corrected chi connectivity index (χ2v) is 8.73. The molecular formula is C23H24ClN5O2S. The van der Waals surface area contributed by atoms with Crippen molar-refractivity contribution in [2.45, 2.75) is 19.6 Å². The molecule has 0 fully saturated rings. The van der Waals surface area contributed by atoms with E-state index >= 15 is 0 Å². The summed E-state index contributed by atoms with van der Waals surface area (Å²) < 4.78 is 12.0. The molecule has 0 spiro atoms. The second kappa shape index (κ2) is 10.1. The van der Waals surface area contributed by atoms with E-state index in [1.165, 1.54) is 17.7 Å². The molecule has 0 amide bonds. The molecule has 32 heavy (non-hydrogen) atoms. The van der Waals surface area contributed by atoms with Gasteiger partial charge in [-0.05, 0) is 51.4 Å². The Hall–Kier alpha value is -2.94. The van der Waals surface area contributed by atoms with Crippen LogP contribution in [0.2, 0.25) is 5.02 Å². The number of benzene rings is 2. The van der Waals surface area contributed by atoms with Crippen LogP contribution in [0, 0.1) is 0 Å². The standard InChI is InChI=1S/C23H24ClN5O2S/c1-15(10-29(2)3)31-21-6-4-5-19-22(21)23(26-13-25-19)28-16-7-8-20(18(24)9-16)30-11-17-12-32-14-27-17/h4-9,12-15H,10-11H2,1-3H3,(H,25,26,28)/t15-/m0/s1. The van der Waals surface area contributed by atoms with Crippen molar-refractivity contribution >= 4 is 45.3 Å². The molecule has 0 saturated carbocycles. The molecule has 2 aromatic carbocycles. The van der Waals surface area contributed by atoms with E-state index in [0.717, 1.165) is 34.6 Å². The van der Waals surface area contributed by atoms with Crippen molar-refractivity contribution in [1.82, 2.24) is 19.9 Å².